The molecule has 4 nitrogen and oxygen atoms in total. The summed E-state index contributed by atoms with van der Waals surface area (Å²) in [4.78, 5) is 15.4. The molecule has 2 aromatic rings. The van der Waals surface area contributed by atoms with Gasteiger partial charge < -0.3 is 9.67 Å². The molecule has 1 aromatic carbocycles. The molecule has 1 aliphatic rings. The highest BCUT2D eigenvalue weighted by Crippen LogP contribution is 2.51. The van der Waals surface area contributed by atoms with Gasteiger partial charge in [-0.3, -0.25) is 4.79 Å². The van der Waals surface area contributed by atoms with Crippen LogP contribution in [0, 0.1) is 5.41 Å². The van der Waals surface area contributed by atoms with Gasteiger partial charge in [0.15, 0.2) is 5.16 Å². The van der Waals surface area contributed by atoms with Crippen LogP contribution in [-0.4, -0.2) is 26.4 Å². The molecule has 0 spiro atoms. The molecule has 0 bridgehead atoms. The van der Waals surface area contributed by atoms with E-state index in [-0.39, 0.29) is 5.75 Å². The van der Waals surface area contributed by atoms with E-state index in [9.17, 15) is 4.79 Å². The van der Waals surface area contributed by atoms with Gasteiger partial charge in [0.1, 0.15) is 5.52 Å². The van der Waals surface area contributed by atoms with Crippen molar-refractivity contribution in [3.63, 3.8) is 0 Å². The molecule has 112 valence electrons. The topological polar surface area (TPSA) is 55.1 Å². The van der Waals surface area contributed by atoms with Gasteiger partial charge in [-0.05, 0) is 36.8 Å². The summed E-state index contributed by atoms with van der Waals surface area (Å²) < 4.78 is 2.14. The molecule has 1 saturated carbocycles. The molecular formula is C15H17ClN2O2S. The second kappa shape index (κ2) is 5.54. The van der Waals surface area contributed by atoms with Crippen LogP contribution in [0.4, 0.5) is 0 Å². The molecule has 1 fully saturated rings. The van der Waals surface area contributed by atoms with Gasteiger partial charge in [0.25, 0.3) is 0 Å². The quantitative estimate of drug-likeness (QED) is 0.814. The number of aliphatic carboxylic acids is 1. The predicted molar refractivity (Wildman–Crippen MR) is 85.1 cm³/mol. The molecule has 0 atom stereocenters. The van der Waals surface area contributed by atoms with Crippen molar-refractivity contribution >= 4 is 40.4 Å². The average molecular weight is 325 g/mol. The zero-order chi connectivity index (χ0) is 15.0. The maximum atomic E-state index is 10.8. The van der Waals surface area contributed by atoms with E-state index in [0.717, 1.165) is 29.2 Å². The lowest BCUT2D eigenvalue weighted by Gasteiger charge is -2.16. The summed E-state index contributed by atoms with van der Waals surface area (Å²) in [5, 5.41) is 10.3. The number of hydrogen-bond donors (Lipinski definition) is 1. The normalized spacial score (nSPS) is 16.3. The Morgan fingerprint density at radius 1 is 1.52 bits per heavy atom. The van der Waals surface area contributed by atoms with Crippen LogP contribution >= 0.6 is 23.4 Å². The summed E-state index contributed by atoms with van der Waals surface area (Å²) in [6, 6.07) is 5.74. The van der Waals surface area contributed by atoms with Crippen molar-refractivity contribution in [1.29, 1.82) is 0 Å². The molecule has 1 aromatic heterocycles. The second-order valence-electron chi connectivity index (χ2n) is 5.62. The minimum absolute atomic E-state index is 0.0140. The number of nitrogens with zero attached hydrogens (tertiary/aromatic N) is 2. The van der Waals surface area contributed by atoms with E-state index in [0.29, 0.717) is 10.4 Å². The molecule has 1 aliphatic carbocycles. The number of carboxylic acid groups (broad SMARTS) is 1. The molecule has 0 amide bonds. The van der Waals surface area contributed by atoms with Crippen LogP contribution in [0.25, 0.3) is 11.0 Å². The van der Waals surface area contributed by atoms with E-state index in [2.05, 4.69) is 16.5 Å². The van der Waals surface area contributed by atoms with E-state index in [1.165, 1.54) is 24.6 Å². The first-order valence-corrected chi connectivity index (χ1v) is 8.40. The highest BCUT2D eigenvalue weighted by Gasteiger charge is 2.41. The van der Waals surface area contributed by atoms with Gasteiger partial charge in [0.05, 0.1) is 16.3 Å². The zero-order valence-corrected chi connectivity index (χ0v) is 13.4. The summed E-state index contributed by atoms with van der Waals surface area (Å²) in [6.45, 7) is 3.10. The number of imidazole rings is 1. The number of halogens is 1. The Morgan fingerprint density at radius 3 is 2.90 bits per heavy atom. The standard InChI is InChI=1S/C15H17ClN2O2S/c1-2-15(6-7-15)9-18-11-5-3-4-10(16)13(11)17-14(18)21-8-12(19)20/h3-5H,2,6-9H2,1H3,(H,19,20). The second-order valence-corrected chi connectivity index (χ2v) is 6.97. The molecule has 0 unspecified atom stereocenters. The van der Waals surface area contributed by atoms with Crippen LogP contribution in [0.3, 0.4) is 0 Å². The number of aromatic nitrogens is 2. The Balaban J connectivity index is 2.02. The van der Waals surface area contributed by atoms with Crippen LogP contribution in [0.2, 0.25) is 5.02 Å². The van der Waals surface area contributed by atoms with Crippen LogP contribution in [0.1, 0.15) is 26.2 Å². The number of para-hydroxylation sites is 1. The summed E-state index contributed by atoms with van der Waals surface area (Å²) >= 11 is 7.49. The molecule has 0 saturated heterocycles. The van der Waals surface area contributed by atoms with Crippen molar-refractivity contribution in [2.45, 2.75) is 37.9 Å². The molecule has 1 N–H and O–H groups in total. The first-order chi connectivity index (χ1) is 10.0. The fourth-order valence-electron chi connectivity index (χ4n) is 2.62. The maximum Gasteiger partial charge on any atom is 0.313 e. The van der Waals surface area contributed by atoms with Crippen molar-refractivity contribution in [2.75, 3.05) is 5.75 Å². The predicted octanol–water partition coefficient (Wildman–Crippen LogP) is 4.06. The van der Waals surface area contributed by atoms with Crippen molar-refractivity contribution in [1.82, 2.24) is 9.55 Å². The Bertz CT molecular complexity index is 694. The summed E-state index contributed by atoms with van der Waals surface area (Å²) in [7, 11) is 0. The van der Waals surface area contributed by atoms with Crippen LogP contribution in [0.5, 0.6) is 0 Å². The lowest BCUT2D eigenvalue weighted by atomic mass is 10.0. The maximum absolute atomic E-state index is 10.8. The fraction of sp³-hybridized carbons (Fsp3) is 0.467. The minimum Gasteiger partial charge on any atom is -0.481 e. The Hall–Kier alpha value is -1.20. The number of hydrogen-bond acceptors (Lipinski definition) is 3. The lowest BCUT2D eigenvalue weighted by Crippen LogP contribution is -2.12. The highest BCUT2D eigenvalue weighted by molar-refractivity contribution is 7.99. The first kappa shape index (κ1) is 14.7. The first-order valence-electron chi connectivity index (χ1n) is 7.04. The van der Waals surface area contributed by atoms with Crippen molar-refractivity contribution in [3.05, 3.63) is 23.2 Å². The van der Waals surface area contributed by atoms with Gasteiger partial charge in [-0.2, -0.15) is 0 Å². The molecule has 3 rings (SSSR count). The van der Waals surface area contributed by atoms with Crippen LogP contribution in [-0.2, 0) is 11.3 Å². The van der Waals surface area contributed by atoms with Crippen LogP contribution < -0.4 is 0 Å². The molecule has 1 heterocycles. The Labute approximate surface area is 132 Å². The average Bonchev–Trinajstić information content (AvgIpc) is 3.14. The minimum atomic E-state index is -0.832. The third-order valence-electron chi connectivity index (χ3n) is 4.22. The fourth-order valence-corrected chi connectivity index (χ4v) is 3.56. The van der Waals surface area contributed by atoms with Gasteiger partial charge in [-0.25, -0.2) is 4.98 Å². The molecule has 6 heteroatoms. The number of carbonyl (C=O) groups is 1. The highest BCUT2D eigenvalue weighted by atomic mass is 35.5. The van der Waals surface area contributed by atoms with Crippen LogP contribution in [0.15, 0.2) is 23.4 Å². The SMILES string of the molecule is CCC1(Cn2c(SCC(=O)O)nc3c(Cl)cccc32)CC1. The number of carboxylic acids is 1. The summed E-state index contributed by atoms with van der Waals surface area (Å²) in [5.41, 5.74) is 2.11. The van der Waals surface area contributed by atoms with E-state index >= 15 is 0 Å². The zero-order valence-electron chi connectivity index (χ0n) is 11.8. The van der Waals surface area contributed by atoms with E-state index in [1.54, 1.807) is 0 Å². The van der Waals surface area contributed by atoms with Crippen molar-refractivity contribution in [2.24, 2.45) is 5.41 Å². The van der Waals surface area contributed by atoms with E-state index in [1.807, 2.05) is 18.2 Å². The van der Waals surface area contributed by atoms with E-state index < -0.39 is 5.97 Å². The molecule has 0 radical (unpaired) electrons. The number of benzene rings is 1. The van der Waals surface area contributed by atoms with Gasteiger partial charge in [-0.1, -0.05) is 36.4 Å². The monoisotopic (exact) mass is 324 g/mol. The summed E-state index contributed by atoms with van der Waals surface area (Å²) in [6.07, 6.45) is 3.59. The molecular weight excluding hydrogens is 308 g/mol. The lowest BCUT2D eigenvalue weighted by molar-refractivity contribution is -0.133. The smallest absolute Gasteiger partial charge is 0.313 e. The van der Waals surface area contributed by atoms with E-state index in [4.69, 9.17) is 16.7 Å². The molecule has 0 aliphatic heterocycles. The Kier molecular flexibility index (Phi) is 3.88. The van der Waals surface area contributed by atoms with Gasteiger partial charge >= 0.3 is 5.97 Å². The summed E-state index contributed by atoms with van der Waals surface area (Å²) in [5.74, 6) is -0.818. The number of fused-ring (bicyclic) bond motifs is 1. The number of thioether (sulfide) groups is 1. The number of rotatable bonds is 6. The van der Waals surface area contributed by atoms with Gasteiger partial charge in [-0.15, -0.1) is 0 Å². The molecule has 21 heavy (non-hydrogen) atoms. The van der Waals surface area contributed by atoms with Gasteiger partial charge in [0, 0.05) is 6.54 Å². The largest absolute Gasteiger partial charge is 0.481 e. The third-order valence-corrected chi connectivity index (χ3v) is 5.49. The van der Waals surface area contributed by atoms with Crippen molar-refractivity contribution < 1.29 is 9.90 Å². The Morgan fingerprint density at radius 2 is 2.29 bits per heavy atom. The van der Waals surface area contributed by atoms with Crippen molar-refractivity contribution in [3.8, 4) is 0 Å². The third kappa shape index (κ3) is 2.90. The van der Waals surface area contributed by atoms with Gasteiger partial charge in [0.2, 0.25) is 0 Å².